The molecule has 25 heavy (non-hydrogen) atoms. The largest absolute Gasteiger partial charge is 0.493 e. The van der Waals surface area contributed by atoms with Crippen molar-refractivity contribution < 1.29 is 19.0 Å². The van der Waals surface area contributed by atoms with E-state index in [1.807, 2.05) is 31.7 Å². The Labute approximate surface area is 149 Å². The summed E-state index contributed by atoms with van der Waals surface area (Å²) >= 11 is 0. The van der Waals surface area contributed by atoms with E-state index in [1.54, 1.807) is 14.2 Å². The lowest BCUT2D eigenvalue weighted by atomic mass is 9.74. The molecule has 1 saturated heterocycles. The van der Waals surface area contributed by atoms with Crippen molar-refractivity contribution in [3.63, 3.8) is 0 Å². The summed E-state index contributed by atoms with van der Waals surface area (Å²) in [5.41, 5.74) is 1.93. The van der Waals surface area contributed by atoms with Crippen molar-refractivity contribution in [2.75, 3.05) is 27.3 Å². The number of methoxy groups -OCH3 is 2. The average Bonchev–Trinajstić information content (AvgIpc) is 2.90. The zero-order chi connectivity index (χ0) is 18.2. The van der Waals surface area contributed by atoms with E-state index in [2.05, 4.69) is 18.2 Å². The maximum atomic E-state index is 12.3. The molecule has 2 aliphatic rings. The molecule has 0 bridgehead atoms. The fourth-order valence-electron chi connectivity index (χ4n) is 3.65. The van der Waals surface area contributed by atoms with Gasteiger partial charge in [0.05, 0.1) is 14.2 Å². The van der Waals surface area contributed by atoms with E-state index >= 15 is 0 Å². The van der Waals surface area contributed by atoms with Gasteiger partial charge < -0.3 is 19.1 Å². The molecule has 1 aliphatic carbocycles. The molecule has 5 nitrogen and oxygen atoms in total. The number of amides is 1. The number of ether oxygens (including phenoxy) is 3. The summed E-state index contributed by atoms with van der Waals surface area (Å²) in [5.74, 6) is 1.49. The highest BCUT2D eigenvalue weighted by molar-refractivity contribution is 5.71. The van der Waals surface area contributed by atoms with E-state index in [-0.39, 0.29) is 11.5 Å². The van der Waals surface area contributed by atoms with Crippen LogP contribution in [0.1, 0.15) is 44.7 Å². The molecule has 0 saturated carbocycles. The number of carbonyl (C=O) groups excluding carboxylic acids is 1. The Morgan fingerprint density at radius 2 is 1.68 bits per heavy atom. The molecule has 1 heterocycles. The second-order valence-corrected chi connectivity index (χ2v) is 7.75. The highest BCUT2D eigenvalue weighted by Gasteiger charge is 2.40. The molecule has 1 amide bonds. The lowest BCUT2D eigenvalue weighted by molar-refractivity contribution is 0.0184. The Morgan fingerprint density at radius 3 is 2.24 bits per heavy atom. The van der Waals surface area contributed by atoms with E-state index in [9.17, 15) is 4.79 Å². The van der Waals surface area contributed by atoms with E-state index in [4.69, 9.17) is 14.2 Å². The van der Waals surface area contributed by atoms with Gasteiger partial charge in [0, 0.05) is 18.5 Å². The van der Waals surface area contributed by atoms with Gasteiger partial charge in [0.2, 0.25) is 0 Å². The van der Waals surface area contributed by atoms with Gasteiger partial charge in [-0.1, -0.05) is 12.2 Å². The van der Waals surface area contributed by atoms with Gasteiger partial charge in [-0.25, -0.2) is 4.79 Å². The van der Waals surface area contributed by atoms with Crippen molar-refractivity contribution >= 4 is 12.2 Å². The maximum absolute atomic E-state index is 12.3. The molecule has 0 radical (unpaired) electrons. The van der Waals surface area contributed by atoms with Crippen LogP contribution >= 0.6 is 0 Å². The second kappa shape index (κ2) is 6.28. The third-order valence-electron chi connectivity index (χ3n) is 4.98. The lowest BCUT2D eigenvalue weighted by Crippen LogP contribution is -2.45. The number of allylic oxidation sites excluding steroid dienone is 1. The number of piperidine rings is 1. The number of fused-ring (bicyclic) bond motifs is 2. The van der Waals surface area contributed by atoms with Gasteiger partial charge in [0.1, 0.15) is 5.60 Å². The number of hydrogen-bond acceptors (Lipinski definition) is 4. The van der Waals surface area contributed by atoms with Crippen LogP contribution in [0.4, 0.5) is 4.79 Å². The average molecular weight is 345 g/mol. The van der Waals surface area contributed by atoms with Crippen molar-refractivity contribution in [3.8, 4) is 11.5 Å². The molecule has 1 fully saturated rings. The summed E-state index contributed by atoms with van der Waals surface area (Å²) in [6.07, 6.45) is 5.96. The van der Waals surface area contributed by atoms with Crippen LogP contribution in [0.3, 0.4) is 0 Å². The molecule has 1 aromatic carbocycles. The van der Waals surface area contributed by atoms with Crippen molar-refractivity contribution in [1.29, 1.82) is 0 Å². The predicted molar refractivity (Wildman–Crippen MR) is 97.3 cm³/mol. The predicted octanol–water partition coefficient (Wildman–Crippen LogP) is 4.00. The number of likely N-dealkylation sites (tertiary alicyclic amines) is 1. The van der Waals surface area contributed by atoms with E-state index in [0.29, 0.717) is 13.1 Å². The molecule has 0 unspecified atom stereocenters. The van der Waals surface area contributed by atoms with Gasteiger partial charge >= 0.3 is 6.09 Å². The molecule has 1 aromatic rings. The highest BCUT2D eigenvalue weighted by atomic mass is 16.6. The van der Waals surface area contributed by atoms with Gasteiger partial charge in [0.25, 0.3) is 0 Å². The van der Waals surface area contributed by atoms with E-state index in [0.717, 1.165) is 24.3 Å². The third-order valence-corrected chi connectivity index (χ3v) is 4.98. The standard InChI is InChI=1S/C20H27NO4/c1-19(2,3)25-18(22)21-10-8-20(9-11-21)7-6-14-12-16(23-4)17(24-5)13-15(14)20/h6-7,12-13H,8-11H2,1-5H3. The highest BCUT2D eigenvalue weighted by Crippen LogP contribution is 2.47. The van der Waals surface area contributed by atoms with Crippen molar-refractivity contribution in [3.05, 3.63) is 29.3 Å². The Bertz CT molecular complexity index is 694. The van der Waals surface area contributed by atoms with Gasteiger partial charge in [-0.3, -0.25) is 0 Å². The minimum Gasteiger partial charge on any atom is -0.493 e. The summed E-state index contributed by atoms with van der Waals surface area (Å²) < 4.78 is 16.4. The fraction of sp³-hybridized carbons (Fsp3) is 0.550. The van der Waals surface area contributed by atoms with Crippen molar-refractivity contribution in [1.82, 2.24) is 4.90 Å². The minimum absolute atomic E-state index is 0.0343. The minimum atomic E-state index is -0.462. The number of carbonyl (C=O) groups is 1. The maximum Gasteiger partial charge on any atom is 0.410 e. The summed E-state index contributed by atoms with van der Waals surface area (Å²) in [4.78, 5) is 14.1. The monoisotopic (exact) mass is 345 g/mol. The third kappa shape index (κ3) is 3.32. The lowest BCUT2D eigenvalue weighted by Gasteiger charge is -2.39. The molecular weight excluding hydrogens is 318 g/mol. The molecule has 5 heteroatoms. The number of benzene rings is 1. The van der Waals surface area contributed by atoms with Crippen LogP contribution < -0.4 is 9.47 Å². The molecule has 1 spiro atoms. The smallest absolute Gasteiger partial charge is 0.410 e. The fourth-order valence-corrected chi connectivity index (χ4v) is 3.65. The van der Waals surface area contributed by atoms with Crippen LogP contribution in [0.5, 0.6) is 11.5 Å². The quantitative estimate of drug-likeness (QED) is 0.813. The van der Waals surface area contributed by atoms with Gasteiger partial charge in [0.15, 0.2) is 11.5 Å². The van der Waals surface area contributed by atoms with E-state index in [1.165, 1.54) is 11.1 Å². The summed E-state index contributed by atoms with van der Waals surface area (Å²) in [5, 5.41) is 0. The van der Waals surface area contributed by atoms with Crippen LogP contribution in [0.25, 0.3) is 6.08 Å². The molecular formula is C20H27NO4. The van der Waals surface area contributed by atoms with Crippen LogP contribution in [-0.2, 0) is 10.2 Å². The summed E-state index contributed by atoms with van der Waals surface area (Å²) in [7, 11) is 3.31. The van der Waals surface area contributed by atoms with Crippen LogP contribution in [-0.4, -0.2) is 43.9 Å². The molecule has 0 N–H and O–H groups in total. The SMILES string of the molecule is COc1cc2c(cc1OC)C1(C=C2)CCN(C(=O)OC(C)(C)C)CC1. The summed E-state index contributed by atoms with van der Waals surface area (Å²) in [6.45, 7) is 7.06. The Morgan fingerprint density at radius 1 is 1.08 bits per heavy atom. The molecule has 0 aromatic heterocycles. The topological polar surface area (TPSA) is 48.0 Å². The Hall–Kier alpha value is -2.17. The Balaban J connectivity index is 1.78. The van der Waals surface area contributed by atoms with Crippen LogP contribution in [0.2, 0.25) is 0 Å². The number of hydrogen-bond donors (Lipinski definition) is 0. The molecule has 3 rings (SSSR count). The normalized spacial score (nSPS) is 18.2. The second-order valence-electron chi connectivity index (χ2n) is 7.75. The van der Waals surface area contributed by atoms with Crippen LogP contribution in [0.15, 0.2) is 18.2 Å². The first-order chi connectivity index (χ1) is 11.8. The van der Waals surface area contributed by atoms with Crippen molar-refractivity contribution in [2.24, 2.45) is 0 Å². The Kier molecular flexibility index (Phi) is 4.43. The number of nitrogens with zero attached hydrogens (tertiary/aromatic N) is 1. The zero-order valence-corrected chi connectivity index (χ0v) is 15.7. The van der Waals surface area contributed by atoms with Gasteiger partial charge in [-0.05, 0) is 56.9 Å². The van der Waals surface area contributed by atoms with Gasteiger partial charge in [-0.2, -0.15) is 0 Å². The molecule has 1 aliphatic heterocycles. The summed E-state index contributed by atoms with van der Waals surface area (Å²) in [6, 6.07) is 4.11. The molecule has 136 valence electrons. The van der Waals surface area contributed by atoms with E-state index < -0.39 is 5.60 Å². The van der Waals surface area contributed by atoms with Crippen LogP contribution in [0, 0.1) is 0 Å². The first kappa shape index (κ1) is 17.6. The zero-order valence-electron chi connectivity index (χ0n) is 15.7. The first-order valence-electron chi connectivity index (χ1n) is 8.72. The molecule has 0 atom stereocenters. The number of rotatable bonds is 2. The first-order valence-corrected chi connectivity index (χ1v) is 8.72. The van der Waals surface area contributed by atoms with Gasteiger partial charge in [-0.15, -0.1) is 0 Å². The van der Waals surface area contributed by atoms with Crippen molar-refractivity contribution in [2.45, 2.75) is 44.6 Å².